The highest BCUT2D eigenvalue weighted by molar-refractivity contribution is 7.89. The number of ether oxygens (including phenoxy) is 2. The van der Waals surface area contributed by atoms with Crippen LogP contribution in [0.25, 0.3) is 0 Å². The fourth-order valence-corrected chi connectivity index (χ4v) is 4.54. The molecule has 2 rings (SSSR count). The molecule has 1 heterocycles. The summed E-state index contributed by atoms with van der Waals surface area (Å²) < 4.78 is 37.5. The van der Waals surface area contributed by atoms with Crippen LogP contribution in [0.1, 0.15) is 45.0 Å². The summed E-state index contributed by atoms with van der Waals surface area (Å²) in [7, 11) is -2.25. The summed E-state index contributed by atoms with van der Waals surface area (Å²) in [5.41, 5.74) is 0.0756. The Bertz CT molecular complexity index is 844. The minimum Gasteiger partial charge on any atom is -0.449 e. The van der Waals surface area contributed by atoms with Gasteiger partial charge in [0, 0.05) is 26.2 Å². The van der Waals surface area contributed by atoms with Gasteiger partial charge in [-0.05, 0) is 52.8 Å². The lowest BCUT2D eigenvalue weighted by Crippen LogP contribution is -2.51. The first kappa shape index (κ1) is 23.3. The first-order valence-corrected chi connectivity index (χ1v) is 11.1. The minimum atomic E-state index is -3.73. The highest BCUT2D eigenvalue weighted by Gasteiger charge is 2.31. The van der Waals surface area contributed by atoms with E-state index in [4.69, 9.17) is 9.47 Å². The van der Waals surface area contributed by atoms with Crippen molar-refractivity contribution in [3.63, 3.8) is 0 Å². The van der Waals surface area contributed by atoms with Crippen LogP contribution >= 0.6 is 0 Å². The zero-order chi connectivity index (χ0) is 21.9. The Hall–Kier alpha value is -1.97. The highest BCUT2D eigenvalue weighted by atomic mass is 32.2. The second kappa shape index (κ2) is 9.23. The van der Waals surface area contributed by atoms with Crippen molar-refractivity contribution >= 4 is 21.9 Å². The Labute approximate surface area is 172 Å². The minimum absolute atomic E-state index is 0.00189. The maximum Gasteiger partial charge on any atom is 0.338 e. The van der Waals surface area contributed by atoms with Crippen LogP contribution in [-0.2, 0) is 24.3 Å². The van der Waals surface area contributed by atoms with E-state index in [1.165, 1.54) is 42.5 Å². The van der Waals surface area contributed by atoms with Gasteiger partial charge in [-0.3, -0.25) is 4.79 Å². The number of hydrogen-bond acceptors (Lipinski definition) is 6. The second-order valence-electron chi connectivity index (χ2n) is 7.69. The predicted molar refractivity (Wildman–Crippen MR) is 108 cm³/mol. The lowest BCUT2D eigenvalue weighted by Gasteiger charge is -2.36. The molecular formula is C20H30N2O6S. The van der Waals surface area contributed by atoms with Gasteiger partial charge in [0.15, 0.2) is 6.10 Å². The van der Waals surface area contributed by atoms with Crippen molar-refractivity contribution in [2.24, 2.45) is 0 Å². The molecule has 0 N–H and O–H groups in total. The molecule has 3 atom stereocenters. The molecule has 0 aromatic heterocycles. The first-order valence-electron chi connectivity index (χ1n) is 9.66. The lowest BCUT2D eigenvalue weighted by atomic mass is 10.2. The predicted octanol–water partition coefficient (Wildman–Crippen LogP) is 1.90. The second-order valence-corrected chi connectivity index (χ2v) is 9.69. The van der Waals surface area contributed by atoms with E-state index in [9.17, 15) is 18.0 Å². The van der Waals surface area contributed by atoms with E-state index in [0.29, 0.717) is 13.1 Å². The number of carbonyl (C=O) groups is 2. The van der Waals surface area contributed by atoms with Gasteiger partial charge in [0.1, 0.15) is 0 Å². The van der Waals surface area contributed by atoms with E-state index >= 15 is 0 Å². The van der Waals surface area contributed by atoms with Crippen LogP contribution < -0.4 is 0 Å². The Morgan fingerprint density at radius 1 is 1.17 bits per heavy atom. The molecule has 1 fully saturated rings. The standard InChI is InChI=1S/C20H30N2O6S/c1-13(2)21(6)29(25,26)18-9-7-8-17(10-18)20(24)28-16(5)19(23)22-11-14(3)27-15(4)12-22/h7-10,13-16H,11-12H2,1-6H3. The van der Waals surface area contributed by atoms with Gasteiger partial charge in [-0.2, -0.15) is 4.31 Å². The molecule has 29 heavy (non-hydrogen) atoms. The van der Waals surface area contributed by atoms with Gasteiger partial charge >= 0.3 is 5.97 Å². The molecule has 0 radical (unpaired) electrons. The summed E-state index contributed by atoms with van der Waals surface area (Å²) in [4.78, 5) is 26.8. The summed E-state index contributed by atoms with van der Waals surface area (Å²) in [5, 5.41) is 0. The van der Waals surface area contributed by atoms with E-state index in [1.807, 2.05) is 13.8 Å². The van der Waals surface area contributed by atoms with Crippen molar-refractivity contribution in [3.05, 3.63) is 29.8 Å². The van der Waals surface area contributed by atoms with E-state index in [1.54, 1.807) is 18.7 Å². The highest BCUT2D eigenvalue weighted by Crippen LogP contribution is 2.19. The fourth-order valence-electron chi connectivity index (χ4n) is 3.12. The van der Waals surface area contributed by atoms with Gasteiger partial charge in [0.25, 0.3) is 5.91 Å². The molecule has 1 aromatic rings. The van der Waals surface area contributed by atoms with Crippen LogP contribution in [0, 0.1) is 0 Å². The Kier molecular flexibility index (Phi) is 7.42. The van der Waals surface area contributed by atoms with Gasteiger partial charge in [0.2, 0.25) is 10.0 Å². The molecular weight excluding hydrogens is 396 g/mol. The summed E-state index contributed by atoms with van der Waals surface area (Å²) >= 11 is 0. The van der Waals surface area contributed by atoms with E-state index in [0.717, 1.165) is 0 Å². The van der Waals surface area contributed by atoms with Crippen LogP contribution in [0.2, 0.25) is 0 Å². The smallest absolute Gasteiger partial charge is 0.338 e. The molecule has 1 amide bonds. The average molecular weight is 427 g/mol. The van der Waals surface area contributed by atoms with Gasteiger partial charge in [-0.25, -0.2) is 13.2 Å². The summed E-state index contributed by atoms with van der Waals surface area (Å²) in [6, 6.07) is 5.41. The topological polar surface area (TPSA) is 93.2 Å². The van der Waals surface area contributed by atoms with Crippen molar-refractivity contribution in [3.8, 4) is 0 Å². The molecule has 0 spiro atoms. The molecule has 9 heteroatoms. The normalized spacial score (nSPS) is 21.3. The third kappa shape index (κ3) is 5.55. The van der Waals surface area contributed by atoms with Gasteiger partial charge in [-0.15, -0.1) is 0 Å². The maximum absolute atomic E-state index is 12.6. The number of amides is 1. The quantitative estimate of drug-likeness (QED) is 0.645. The lowest BCUT2D eigenvalue weighted by molar-refractivity contribution is -0.151. The number of morpholine rings is 1. The Balaban J connectivity index is 2.12. The van der Waals surface area contributed by atoms with Gasteiger partial charge < -0.3 is 14.4 Å². The summed E-state index contributed by atoms with van der Waals surface area (Å²) in [6.45, 7) is 9.66. The molecule has 3 unspecified atom stereocenters. The number of benzene rings is 1. The van der Waals surface area contributed by atoms with Crippen LogP contribution in [0.3, 0.4) is 0 Å². The van der Waals surface area contributed by atoms with Crippen molar-refractivity contribution in [1.29, 1.82) is 0 Å². The monoisotopic (exact) mass is 426 g/mol. The zero-order valence-corrected chi connectivity index (χ0v) is 18.6. The molecule has 1 aromatic carbocycles. The number of hydrogen-bond donors (Lipinski definition) is 0. The van der Waals surface area contributed by atoms with Crippen LogP contribution in [0.4, 0.5) is 0 Å². The van der Waals surface area contributed by atoms with Gasteiger partial charge in [-0.1, -0.05) is 6.07 Å². The fraction of sp³-hybridized carbons (Fsp3) is 0.600. The number of nitrogens with zero attached hydrogens (tertiary/aromatic N) is 2. The molecule has 1 aliphatic heterocycles. The largest absolute Gasteiger partial charge is 0.449 e. The number of esters is 1. The molecule has 8 nitrogen and oxygen atoms in total. The van der Waals surface area contributed by atoms with Crippen LogP contribution in [-0.4, -0.2) is 74.0 Å². The Morgan fingerprint density at radius 3 is 2.31 bits per heavy atom. The third-order valence-corrected chi connectivity index (χ3v) is 6.87. The number of carbonyl (C=O) groups excluding carboxylic acids is 2. The summed E-state index contributed by atoms with van der Waals surface area (Å²) in [6.07, 6.45) is -1.17. The van der Waals surface area contributed by atoms with Crippen molar-refractivity contribution < 1.29 is 27.5 Å². The number of sulfonamides is 1. The van der Waals surface area contributed by atoms with Crippen molar-refractivity contribution in [2.75, 3.05) is 20.1 Å². The molecule has 0 bridgehead atoms. The SMILES string of the molecule is CC1CN(C(=O)C(C)OC(=O)c2cccc(S(=O)(=O)N(C)C(C)C)c2)CC(C)O1. The van der Waals surface area contributed by atoms with Crippen molar-refractivity contribution in [2.45, 2.75) is 63.9 Å². The summed E-state index contributed by atoms with van der Waals surface area (Å²) in [5.74, 6) is -1.05. The zero-order valence-electron chi connectivity index (χ0n) is 17.8. The van der Waals surface area contributed by atoms with Crippen LogP contribution in [0.5, 0.6) is 0 Å². The van der Waals surface area contributed by atoms with Gasteiger partial charge in [0.05, 0.1) is 22.7 Å². The van der Waals surface area contributed by atoms with E-state index < -0.39 is 22.1 Å². The van der Waals surface area contributed by atoms with E-state index in [2.05, 4.69) is 0 Å². The maximum atomic E-state index is 12.6. The average Bonchev–Trinajstić information content (AvgIpc) is 2.65. The molecule has 0 saturated carbocycles. The third-order valence-electron chi connectivity index (χ3n) is 4.84. The molecule has 1 saturated heterocycles. The van der Waals surface area contributed by atoms with Crippen molar-refractivity contribution in [1.82, 2.24) is 9.21 Å². The molecule has 162 valence electrons. The number of rotatable bonds is 6. The Morgan fingerprint density at radius 2 is 1.76 bits per heavy atom. The van der Waals surface area contributed by atoms with E-state index in [-0.39, 0.29) is 34.6 Å². The first-order chi connectivity index (χ1) is 13.4. The molecule has 0 aliphatic carbocycles. The molecule has 1 aliphatic rings. The van der Waals surface area contributed by atoms with Crippen LogP contribution in [0.15, 0.2) is 29.2 Å².